The third-order valence-corrected chi connectivity index (χ3v) is 7.45. The van der Waals surface area contributed by atoms with Crippen molar-refractivity contribution in [2.24, 2.45) is 5.41 Å². The zero-order valence-corrected chi connectivity index (χ0v) is 21.4. The Labute approximate surface area is 208 Å². The van der Waals surface area contributed by atoms with Crippen molar-refractivity contribution in [3.05, 3.63) is 47.5 Å². The predicted octanol–water partition coefficient (Wildman–Crippen LogP) is 3.42. The Hall–Kier alpha value is -2.11. The summed E-state index contributed by atoms with van der Waals surface area (Å²) >= 11 is 6.05. The van der Waals surface area contributed by atoms with E-state index in [0.29, 0.717) is 17.8 Å². The van der Waals surface area contributed by atoms with E-state index >= 15 is 0 Å². The van der Waals surface area contributed by atoms with Gasteiger partial charge >= 0.3 is 7.60 Å². The van der Waals surface area contributed by atoms with Gasteiger partial charge in [-0.05, 0) is 24.1 Å². The average molecular weight is 526 g/mol. The van der Waals surface area contributed by atoms with Crippen molar-refractivity contribution in [3.8, 4) is 0 Å². The number of hydrogen-bond acceptors (Lipinski definition) is 10. The van der Waals surface area contributed by atoms with E-state index in [-0.39, 0.29) is 30.9 Å². The fourth-order valence-electron chi connectivity index (χ4n) is 4.16. The van der Waals surface area contributed by atoms with E-state index in [1.54, 1.807) is 11.5 Å². The highest BCUT2D eigenvalue weighted by molar-refractivity contribution is 7.52. The van der Waals surface area contributed by atoms with Crippen molar-refractivity contribution < 1.29 is 28.2 Å². The zero-order chi connectivity index (χ0) is 25.2. The summed E-state index contributed by atoms with van der Waals surface area (Å²) in [5.41, 5.74) is 6.70. The van der Waals surface area contributed by atoms with Gasteiger partial charge in [-0.3, -0.25) is 9.13 Å². The molecule has 0 spiro atoms. The number of ether oxygens (including phenoxy) is 2. The molecule has 3 heterocycles. The first-order chi connectivity index (χ1) is 16.6. The van der Waals surface area contributed by atoms with Crippen LogP contribution in [0.5, 0.6) is 0 Å². The van der Waals surface area contributed by atoms with Gasteiger partial charge in [-0.2, -0.15) is 9.97 Å². The zero-order valence-electron chi connectivity index (χ0n) is 19.7. The Balaban J connectivity index is 1.62. The number of rotatable bonds is 10. The van der Waals surface area contributed by atoms with Gasteiger partial charge in [0.25, 0.3) is 0 Å². The van der Waals surface area contributed by atoms with Gasteiger partial charge < -0.3 is 29.4 Å². The normalized spacial score (nSPS) is 26.3. The number of aromatic nitrogens is 4. The molecule has 3 N–H and O–H groups in total. The van der Waals surface area contributed by atoms with Gasteiger partial charge in [-0.15, -0.1) is 0 Å². The summed E-state index contributed by atoms with van der Waals surface area (Å²) in [6.07, 6.45) is -1.14. The molecule has 11 nitrogen and oxygen atoms in total. The molecule has 1 aliphatic heterocycles. The van der Waals surface area contributed by atoms with Crippen molar-refractivity contribution in [2.75, 3.05) is 32.2 Å². The van der Waals surface area contributed by atoms with Gasteiger partial charge in [0.05, 0.1) is 44.3 Å². The van der Waals surface area contributed by atoms with E-state index in [2.05, 4.69) is 15.0 Å². The van der Waals surface area contributed by atoms with E-state index in [1.807, 2.05) is 37.3 Å². The number of aliphatic hydroxyl groups excluding tert-OH is 1. The molecule has 0 bridgehead atoms. The number of imidazole rings is 1. The molecule has 0 amide bonds. The number of nitrogens with zero attached hydrogens (tertiary/aromatic N) is 4. The maximum Gasteiger partial charge on any atom is 0.327 e. The molecule has 5 atom stereocenters. The van der Waals surface area contributed by atoms with Crippen molar-refractivity contribution in [1.29, 1.82) is 0 Å². The van der Waals surface area contributed by atoms with Crippen LogP contribution >= 0.6 is 19.2 Å². The summed E-state index contributed by atoms with van der Waals surface area (Å²) in [6, 6.07) is 9.69. The first kappa shape index (κ1) is 26.0. The smallest absolute Gasteiger partial charge is 0.327 e. The second-order valence-corrected chi connectivity index (χ2v) is 11.0. The van der Waals surface area contributed by atoms with Crippen LogP contribution in [0.25, 0.3) is 11.2 Å². The van der Waals surface area contributed by atoms with Crippen molar-refractivity contribution in [2.45, 2.75) is 38.9 Å². The molecule has 0 aliphatic carbocycles. The number of nitrogens with two attached hydrogens (primary N) is 1. The van der Waals surface area contributed by atoms with Crippen LogP contribution in [0.3, 0.4) is 0 Å². The van der Waals surface area contributed by atoms with Crippen molar-refractivity contribution >= 4 is 36.2 Å². The molecular formula is C22H29ClN5O6P. The van der Waals surface area contributed by atoms with Gasteiger partial charge in [0, 0.05) is 6.66 Å². The lowest BCUT2D eigenvalue weighted by atomic mass is 9.83. The quantitative estimate of drug-likeness (QED) is 0.298. The Morgan fingerprint density at radius 1 is 1.29 bits per heavy atom. The fourth-order valence-corrected chi connectivity index (χ4v) is 5.29. The minimum Gasteiger partial charge on any atom is -0.389 e. The summed E-state index contributed by atoms with van der Waals surface area (Å²) in [7, 11) is -3.30. The molecule has 13 heteroatoms. The van der Waals surface area contributed by atoms with E-state index in [4.69, 9.17) is 35.9 Å². The van der Waals surface area contributed by atoms with Crippen LogP contribution in [0.2, 0.25) is 5.28 Å². The van der Waals surface area contributed by atoms with E-state index in [1.165, 1.54) is 13.0 Å². The lowest BCUT2D eigenvalue weighted by Gasteiger charge is -2.33. The molecule has 0 radical (unpaired) electrons. The standard InChI is InChI=1S/C22H29ClN5O6P/c1-4-32-35(3,30)33-11-15-17(29)22(2,12-31-10-14-8-6-5-7-9-14)20(34-15)28-13-25-16-18(24)26-21(23)27-19(16)28/h5-9,13,15,17,20,29H,4,10-12H2,1-3H3,(H2,24,26,27)/t15-,17?,20-,22+,35?/m1/s1. The number of nitrogen functional groups attached to an aromatic ring is 1. The van der Waals surface area contributed by atoms with Crippen LogP contribution in [0.15, 0.2) is 36.7 Å². The molecule has 1 saturated heterocycles. The Morgan fingerprint density at radius 2 is 2.03 bits per heavy atom. The third kappa shape index (κ3) is 5.51. The van der Waals surface area contributed by atoms with Gasteiger partial charge in [-0.25, -0.2) is 4.98 Å². The molecule has 2 unspecified atom stereocenters. The number of halogens is 1. The molecule has 190 valence electrons. The van der Waals surface area contributed by atoms with Gasteiger partial charge in [0.2, 0.25) is 5.28 Å². The first-order valence-corrected chi connectivity index (χ1v) is 13.5. The van der Waals surface area contributed by atoms with Gasteiger partial charge in [0.1, 0.15) is 17.8 Å². The maximum absolute atomic E-state index is 12.5. The van der Waals surface area contributed by atoms with E-state index < -0.39 is 31.4 Å². The molecule has 4 rings (SSSR count). The molecule has 3 aromatic rings. The number of benzene rings is 1. The second kappa shape index (κ2) is 10.5. The SMILES string of the molecule is CCOP(C)(=O)OC[C@H]1O[C@@H](n2cnc3c(N)nc(Cl)nc32)[C@@](C)(COCc2ccccc2)C1O. The monoisotopic (exact) mass is 525 g/mol. The Kier molecular flexibility index (Phi) is 7.77. The Bertz CT molecular complexity index is 1210. The number of fused-ring (bicyclic) bond motifs is 1. The number of aliphatic hydroxyl groups is 1. The van der Waals surface area contributed by atoms with Crippen LogP contribution in [0.4, 0.5) is 5.82 Å². The molecule has 35 heavy (non-hydrogen) atoms. The summed E-state index contributed by atoms with van der Waals surface area (Å²) in [4.78, 5) is 12.5. The number of hydrogen-bond donors (Lipinski definition) is 2. The molecule has 2 aromatic heterocycles. The summed E-state index contributed by atoms with van der Waals surface area (Å²) < 4.78 is 37.0. The second-order valence-electron chi connectivity index (χ2n) is 8.64. The van der Waals surface area contributed by atoms with E-state index in [9.17, 15) is 9.67 Å². The highest BCUT2D eigenvalue weighted by Gasteiger charge is 2.55. The lowest BCUT2D eigenvalue weighted by Crippen LogP contribution is -2.42. The Morgan fingerprint density at radius 3 is 2.74 bits per heavy atom. The largest absolute Gasteiger partial charge is 0.389 e. The minimum absolute atomic E-state index is 0.0409. The molecule has 1 aromatic carbocycles. The van der Waals surface area contributed by atoms with Crippen LogP contribution in [0, 0.1) is 5.41 Å². The van der Waals surface area contributed by atoms with Crippen LogP contribution in [-0.4, -0.2) is 63.3 Å². The molecule has 1 fully saturated rings. The highest BCUT2D eigenvalue weighted by Crippen LogP contribution is 2.49. The summed E-state index contributed by atoms with van der Waals surface area (Å²) in [6.45, 7) is 5.50. The predicted molar refractivity (Wildman–Crippen MR) is 130 cm³/mol. The molecular weight excluding hydrogens is 497 g/mol. The molecule has 0 saturated carbocycles. The fraction of sp³-hybridized carbons (Fsp3) is 0.500. The highest BCUT2D eigenvalue weighted by atomic mass is 35.5. The average Bonchev–Trinajstić information content (AvgIpc) is 3.32. The van der Waals surface area contributed by atoms with Crippen molar-refractivity contribution in [3.63, 3.8) is 0 Å². The third-order valence-electron chi connectivity index (χ3n) is 5.93. The van der Waals surface area contributed by atoms with Crippen molar-refractivity contribution in [1.82, 2.24) is 19.5 Å². The van der Waals surface area contributed by atoms with Crippen LogP contribution in [0.1, 0.15) is 25.6 Å². The maximum atomic E-state index is 12.5. The van der Waals surface area contributed by atoms with Gasteiger partial charge in [0.15, 0.2) is 11.5 Å². The summed E-state index contributed by atoms with van der Waals surface area (Å²) in [5, 5.41) is 11.3. The topological polar surface area (TPSA) is 144 Å². The lowest BCUT2D eigenvalue weighted by molar-refractivity contribution is -0.0736. The van der Waals surface area contributed by atoms with Crippen LogP contribution < -0.4 is 5.73 Å². The minimum atomic E-state index is -3.30. The van der Waals surface area contributed by atoms with Gasteiger partial charge in [-0.1, -0.05) is 37.3 Å². The molecule has 1 aliphatic rings. The summed E-state index contributed by atoms with van der Waals surface area (Å²) in [5.74, 6) is 0.128. The number of anilines is 1. The van der Waals surface area contributed by atoms with E-state index in [0.717, 1.165) is 5.56 Å². The van der Waals surface area contributed by atoms with Crippen LogP contribution in [-0.2, 0) is 29.7 Å². The first-order valence-electron chi connectivity index (χ1n) is 11.1.